The first-order chi connectivity index (χ1) is 13.0. The van der Waals surface area contributed by atoms with Gasteiger partial charge < -0.3 is 9.72 Å². The highest BCUT2D eigenvalue weighted by Crippen LogP contribution is 2.20. The van der Waals surface area contributed by atoms with Crippen LogP contribution in [0.15, 0.2) is 17.5 Å². The lowest BCUT2D eigenvalue weighted by Gasteiger charge is -2.34. The number of nitrogens with zero attached hydrogens (tertiary/aromatic N) is 2. The minimum Gasteiger partial charge on any atom is -0.462 e. The smallest absolute Gasteiger partial charge is 0.340 e. The first-order valence-corrected chi connectivity index (χ1v) is 10.2. The molecule has 7 heteroatoms. The van der Waals surface area contributed by atoms with Crippen molar-refractivity contribution in [3.05, 3.63) is 44.9 Å². The Labute approximate surface area is 164 Å². The van der Waals surface area contributed by atoms with Gasteiger partial charge in [0, 0.05) is 43.3 Å². The number of aromatic amines is 1. The summed E-state index contributed by atoms with van der Waals surface area (Å²) < 4.78 is 5.10. The van der Waals surface area contributed by atoms with Crippen LogP contribution in [0.25, 0.3) is 0 Å². The minimum atomic E-state index is -0.370. The van der Waals surface area contributed by atoms with Crippen LogP contribution >= 0.6 is 11.3 Å². The molecule has 6 nitrogen and oxygen atoms in total. The van der Waals surface area contributed by atoms with Gasteiger partial charge in [0.05, 0.1) is 24.4 Å². The summed E-state index contributed by atoms with van der Waals surface area (Å²) in [5.41, 5.74) is 2.39. The molecule has 1 aliphatic heterocycles. The Kier molecular flexibility index (Phi) is 6.46. The second kappa shape index (κ2) is 8.82. The van der Waals surface area contributed by atoms with E-state index in [4.69, 9.17) is 4.74 Å². The Balaban J connectivity index is 1.57. The molecule has 1 fully saturated rings. The highest BCUT2D eigenvalue weighted by atomic mass is 32.1. The van der Waals surface area contributed by atoms with E-state index in [9.17, 15) is 9.59 Å². The van der Waals surface area contributed by atoms with E-state index in [-0.39, 0.29) is 11.8 Å². The fourth-order valence-electron chi connectivity index (χ4n) is 3.55. The zero-order valence-corrected chi connectivity index (χ0v) is 17.0. The summed E-state index contributed by atoms with van der Waals surface area (Å²) in [5.74, 6) is -0.345. The van der Waals surface area contributed by atoms with Gasteiger partial charge in [-0.25, -0.2) is 4.79 Å². The molecular formula is C20H27N3O3S. The van der Waals surface area contributed by atoms with Gasteiger partial charge in [0.2, 0.25) is 0 Å². The van der Waals surface area contributed by atoms with Crippen molar-refractivity contribution in [3.63, 3.8) is 0 Å². The van der Waals surface area contributed by atoms with Crippen molar-refractivity contribution in [1.29, 1.82) is 0 Å². The standard InChI is InChI=1S/C20H27N3O3S/c1-4-26-20(25)18-14(2)19(21-15(18)3)17(24)13-23-9-7-22(8-10-23)12-16-6-5-11-27-16/h5-6,11,21H,4,7-10,12-13H2,1-3H3. The lowest BCUT2D eigenvalue weighted by Crippen LogP contribution is -2.47. The number of H-pyrrole nitrogens is 1. The Morgan fingerprint density at radius 1 is 1.19 bits per heavy atom. The fourth-order valence-corrected chi connectivity index (χ4v) is 4.30. The molecule has 1 N–H and O–H groups in total. The number of thiophene rings is 1. The molecule has 0 unspecified atom stereocenters. The van der Waals surface area contributed by atoms with Gasteiger partial charge in [0.25, 0.3) is 0 Å². The van der Waals surface area contributed by atoms with E-state index >= 15 is 0 Å². The summed E-state index contributed by atoms with van der Waals surface area (Å²) in [4.78, 5) is 34.0. The lowest BCUT2D eigenvalue weighted by molar-refractivity contribution is 0.0525. The quantitative estimate of drug-likeness (QED) is 0.583. The number of aryl methyl sites for hydroxylation is 1. The third-order valence-corrected chi connectivity index (χ3v) is 5.85. The molecule has 0 atom stereocenters. The number of carbonyl (C=O) groups is 2. The average Bonchev–Trinajstić information content (AvgIpc) is 3.24. The summed E-state index contributed by atoms with van der Waals surface area (Å²) in [6.07, 6.45) is 0. The van der Waals surface area contributed by atoms with Gasteiger partial charge in [0.1, 0.15) is 0 Å². The van der Waals surface area contributed by atoms with Crippen molar-refractivity contribution < 1.29 is 14.3 Å². The minimum absolute atomic E-state index is 0.0258. The van der Waals surface area contributed by atoms with Crippen LogP contribution in [0.4, 0.5) is 0 Å². The fraction of sp³-hybridized carbons (Fsp3) is 0.500. The van der Waals surface area contributed by atoms with Crippen LogP contribution in [0.3, 0.4) is 0 Å². The van der Waals surface area contributed by atoms with Crippen molar-refractivity contribution in [2.45, 2.75) is 27.3 Å². The number of hydrogen-bond acceptors (Lipinski definition) is 6. The Morgan fingerprint density at radius 3 is 2.52 bits per heavy atom. The molecule has 1 saturated heterocycles. The van der Waals surface area contributed by atoms with Gasteiger partial charge in [-0.2, -0.15) is 0 Å². The number of hydrogen-bond donors (Lipinski definition) is 1. The SMILES string of the molecule is CCOC(=O)c1c(C)[nH]c(C(=O)CN2CCN(Cc3cccs3)CC2)c1C. The lowest BCUT2D eigenvalue weighted by atomic mass is 10.1. The predicted molar refractivity (Wildman–Crippen MR) is 107 cm³/mol. The zero-order chi connectivity index (χ0) is 19.4. The number of carbonyl (C=O) groups excluding carboxylic acids is 2. The first kappa shape index (κ1) is 19.8. The zero-order valence-electron chi connectivity index (χ0n) is 16.2. The maximum Gasteiger partial charge on any atom is 0.340 e. The van der Waals surface area contributed by atoms with E-state index in [2.05, 4.69) is 32.3 Å². The summed E-state index contributed by atoms with van der Waals surface area (Å²) in [6.45, 7) is 10.7. The van der Waals surface area contributed by atoms with Crippen LogP contribution in [-0.4, -0.2) is 65.9 Å². The maximum absolute atomic E-state index is 12.8. The second-order valence-electron chi connectivity index (χ2n) is 6.90. The topological polar surface area (TPSA) is 65.6 Å². The molecule has 27 heavy (non-hydrogen) atoms. The largest absolute Gasteiger partial charge is 0.462 e. The van der Waals surface area contributed by atoms with Crippen LogP contribution in [-0.2, 0) is 11.3 Å². The van der Waals surface area contributed by atoms with Gasteiger partial charge in [-0.1, -0.05) is 6.07 Å². The molecule has 2 aromatic heterocycles. The number of ketones is 1. The Hall–Kier alpha value is -1.96. The van der Waals surface area contributed by atoms with E-state index < -0.39 is 0 Å². The third kappa shape index (κ3) is 4.66. The number of ether oxygens (including phenoxy) is 1. The number of rotatable bonds is 7. The van der Waals surface area contributed by atoms with E-state index in [0.717, 1.165) is 32.7 Å². The molecule has 0 aliphatic carbocycles. The number of aromatic nitrogens is 1. The van der Waals surface area contributed by atoms with Crippen molar-refractivity contribution in [1.82, 2.24) is 14.8 Å². The number of piperazine rings is 1. The highest BCUT2D eigenvalue weighted by molar-refractivity contribution is 7.09. The summed E-state index contributed by atoms with van der Waals surface area (Å²) >= 11 is 1.78. The molecule has 0 saturated carbocycles. The third-order valence-electron chi connectivity index (χ3n) is 4.99. The molecule has 0 spiro atoms. The molecule has 0 aromatic carbocycles. The van der Waals surface area contributed by atoms with Crippen LogP contribution in [0.1, 0.15) is 43.9 Å². The summed E-state index contributed by atoms with van der Waals surface area (Å²) in [7, 11) is 0. The molecule has 0 radical (unpaired) electrons. The molecule has 1 aliphatic rings. The molecule has 2 aromatic rings. The Morgan fingerprint density at radius 2 is 1.89 bits per heavy atom. The van der Waals surface area contributed by atoms with Crippen molar-refractivity contribution in [2.75, 3.05) is 39.3 Å². The number of nitrogens with one attached hydrogen (secondary N) is 1. The maximum atomic E-state index is 12.8. The van der Waals surface area contributed by atoms with Gasteiger partial charge in [0.15, 0.2) is 5.78 Å². The average molecular weight is 390 g/mol. The second-order valence-corrected chi connectivity index (χ2v) is 7.93. The normalized spacial score (nSPS) is 15.8. The van der Waals surface area contributed by atoms with E-state index in [1.165, 1.54) is 4.88 Å². The first-order valence-electron chi connectivity index (χ1n) is 9.36. The van der Waals surface area contributed by atoms with E-state index in [0.29, 0.717) is 35.7 Å². The van der Waals surface area contributed by atoms with Gasteiger partial charge in [-0.05, 0) is 37.8 Å². The molecular weight excluding hydrogens is 362 g/mol. The van der Waals surface area contributed by atoms with Crippen LogP contribution < -0.4 is 0 Å². The molecule has 3 heterocycles. The number of Topliss-reactive ketones (excluding diaryl/α,β-unsaturated/α-hetero) is 1. The van der Waals surface area contributed by atoms with Gasteiger partial charge in [-0.15, -0.1) is 11.3 Å². The van der Waals surface area contributed by atoms with Gasteiger partial charge >= 0.3 is 5.97 Å². The molecule has 146 valence electrons. The Bertz CT molecular complexity index is 790. The van der Waals surface area contributed by atoms with Crippen molar-refractivity contribution in [3.8, 4) is 0 Å². The van der Waals surface area contributed by atoms with E-state index in [1.807, 2.05) is 6.92 Å². The van der Waals surface area contributed by atoms with E-state index in [1.54, 1.807) is 25.2 Å². The van der Waals surface area contributed by atoms with Crippen LogP contribution in [0, 0.1) is 13.8 Å². The van der Waals surface area contributed by atoms with Crippen LogP contribution in [0.5, 0.6) is 0 Å². The van der Waals surface area contributed by atoms with Gasteiger partial charge in [-0.3, -0.25) is 14.6 Å². The summed E-state index contributed by atoms with van der Waals surface area (Å²) in [5, 5.41) is 2.11. The molecule has 3 rings (SSSR count). The van der Waals surface area contributed by atoms with Crippen LogP contribution in [0.2, 0.25) is 0 Å². The van der Waals surface area contributed by atoms with Crippen molar-refractivity contribution in [2.24, 2.45) is 0 Å². The number of esters is 1. The molecule has 0 bridgehead atoms. The molecule has 0 amide bonds. The monoisotopic (exact) mass is 389 g/mol. The highest BCUT2D eigenvalue weighted by Gasteiger charge is 2.25. The summed E-state index contributed by atoms with van der Waals surface area (Å²) in [6, 6.07) is 4.25. The van der Waals surface area contributed by atoms with Crippen molar-refractivity contribution >= 4 is 23.1 Å². The predicted octanol–water partition coefficient (Wildman–Crippen LogP) is 2.87.